The summed E-state index contributed by atoms with van der Waals surface area (Å²) < 4.78 is 5.64. The molecule has 154 valence electrons. The maximum Gasteiger partial charge on any atom is 0.277 e. The van der Waals surface area contributed by atoms with E-state index >= 15 is 0 Å². The summed E-state index contributed by atoms with van der Waals surface area (Å²) in [5, 5.41) is 4.54. The van der Waals surface area contributed by atoms with Crippen LogP contribution in [0.2, 0.25) is 0 Å². The van der Waals surface area contributed by atoms with Gasteiger partial charge in [0, 0.05) is 11.6 Å². The molecule has 4 nitrogen and oxygen atoms in total. The zero-order valence-corrected chi connectivity index (χ0v) is 17.8. The van der Waals surface area contributed by atoms with Crippen LogP contribution < -0.4 is 10.2 Å². The van der Waals surface area contributed by atoms with Crippen LogP contribution in [0, 0.1) is 11.8 Å². The van der Waals surface area contributed by atoms with E-state index < -0.39 is 0 Å². The van der Waals surface area contributed by atoms with Gasteiger partial charge in [0.1, 0.15) is 5.75 Å². The van der Waals surface area contributed by atoms with Gasteiger partial charge < -0.3 is 4.74 Å². The second-order valence-corrected chi connectivity index (χ2v) is 9.45. The van der Waals surface area contributed by atoms with Crippen molar-refractivity contribution in [3.05, 3.63) is 29.8 Å². The largest absolute Gasteiger partial charge is 0.484 e. The van der Waals surface area contributed by atoms with Gasteiger partial charge in [0.05, 0.1) is 0 Å². The number of hydrogen-bond acceptors (Lipinski definition) is 3. The molecule has 0 spiro atoms. The minimum atomic E-state index is -0.180. The Morgan fingerprint density at radius 1 is 1.04 bits per heavy atom. The molecule has 2 aliphatic carbocycles. The summed E-state index contributed by atoms with van der Waals surface area (Å²) in [5.41, 5.74) is 5.32. The van der Waals surface area contributed by atoms with E-state index in [1.165, 1.54) is 62.6 Å². The van der Waals surface area contributed by atoms with Crippen LogP contribution in [-0.4, -0.2) is 18.2 Å². The Kier molecular flexibility index (Phi) is 7.14. The summed E-state index contributed by atoms with van der Waals surface area (Å²) in [4.78, 5) is 12.2. The number of hydrogen-bond donors (Lipinski definition) is 1. The molecule has 1 atom stereocenters. The van der Waals surface area contributed by atoms with Crippen molar-refractivity contribution < 1.29 is 9.53 Å². The van der Waals surface area contributed by atoms with Gasteiger partial charge in [0.2, 0.25) is 0 Å². The second-order valence-electron chi connectivity index (χ2n) is 9.45. The molecule has 0 heterocycles. The number of hydrazone groups is 1. The molecule has 3 rings (SSSR count). The van der Waals surface area contributed by atoms with Crippen LogP contribution in [-0.2, 0) is 10.2 Å². The fourth-order valence-corrected chi connectivity index (χ4v) is 4.57. The summed E-state index contributed by atoms with van der Waals surface area (Å²) in [5.74, 6) is 1.87. The second kappa shape index (κ2) is 9.58. The Labute approximate surface area is 170 Å². The zero-order valence-electron chi connectivity index (χ0n) is 17.8. The lowest BCUT2D eigenvalue weighted by Crippen LogP contribution is -2.32. The van der Waals surface area contributed by atoms with Crippen molar-refractivity contribution >= 4 is 11.6 Å². The van der Waals surface area contributed by atoms with Crippen molar-refractivity contribution in [2.45, 2.75) is 84.0 Å². The molecule has 1 aromatic rings. The Balaban J connectivity index is 1.50. The van der Waals surface area contributed by atoms with Crippen molar-refractivity contribution in [3.8, 4) is 5.75 Å². The number of carbonyl (C=O) groups is 1. The highest BCUT2D eigenvalue weighted by Crippen LogP contribution is 2.36. The molecule has 28 heavy (non-hydrogen) atoms. The molecule has 0 aliphatic heterocycles. The normalized spacial score (nSPS) is 22.8. The molecule has 2 aliphatic rings. The fraction of sp³-hybridized carbons (Fsp3) is 0.667. The van der Waals surface area contributed by atoms with Crippen molar-refractivity contribution in [1.29, 1.82) is 0 Å². The van der Waals surface area contributed by atoms with Gasteiger partial charge in [0.25, 0.3) is 5.91 Å². The standard InChI is InChI=1S/C24H36N2O2/c1-24(2,3)19-13-15-20(16-14-19)28-17-23(27)26-25-22-12-8-7-11-21(22)18-9-5-4-6-10-18/h13-16,18,21H,4-12,17H2,1-3H3,(H,26,27)/b25-22-. The third-order valence-electron chi connectivity index (χ3n) is 6.26. The van der Waals surface area contributed by atoms with Gasteiger partial charge >= 0.3 is 0 Å². The number of nitrogens with one attached hydrogen (secondary N) is 1. The average molecular weight is 385 g/mol. The van der Waals surface area contributed by atoms with Crippen molar-refractivity contribution in [2.75, 3.05) is 6.61 Å². The number of rotatable bonds is 5. The van der Waals surface area contributed by atoms with Crippen LogP contribution in [0.4, 0.5) is 0 Å². The molecule has 0 saturated heterocycles. The first kappa shape index (κ1) is 20.9. The maximum absolute atomic E-state index is 12.2. The molecule has 1 unspecified atom stereocenters. The van der Waals surface area contributed by atoms with E-state index in [0.717, 1.165) is 12.3 Å². The average Bonchev–Trinajstić information content (AvgIpc) is 2.71. The lowest BCUT2D eigenvalue weighted by atomic mass is 9.72. The number of nitrogens with zero attached hydrogens (tertiary/aromatic N) is 1. The van der Waals surface area contributed by atoms with Gasteiger partial charge in [-0.2, -0.15) is 5.10 Å². The Bertz CT molecular complexity index is 667. The van der Waals surface area contributed by atoms with E-state index in [1.807, 2.05) is 12.1 Å². The number of ether oxygens (including phenoxy) is 1. The van der Waals surface area contributed by atoms with Crippen molar-refractivity contribution in [1.82, 2.24) is 5.43 Å². The highest BCUT2D eigenvalue weighted by molar-refractivity contribution is 5.89. The summed E-state index contributed by atoms with van der Waals surface area (Å²) >= 11 is 0. The zero-order chi connectivity index (χ0) is 20.0. The number of carbonyl (C=O) groups excluding carboxylic acids is 1. The third kappa shape index (κ3) is 5.83. The SMILES string of the molecule is CC(C)(C)c1ccc(OCC(=O)N/N=C2/CCCCC2C2CCCCC2)cc1. The molecule has 1 aromatic carbocycles. The van der Waals surface area contributed by atoms with Gasteiger partial charge in [-0.25, -0.2) is 5.43 Å². The molecule has 0 bridgehead atoms. The summed E-state index contributed by atoms with van der Waals surface area (Å²) in [6.07, 6.45) is 11.5. The van der Waals surface area contributed by atoms with Gasteiger partial charge in [-0.3, -0.25) is 4.79 Å². The smallest absolute Gasteiger partial charge is 0.277 e. The minimum Gasteiger partial charge on any atom is -0.484 e. The highest BCUT2D eigenvalue weighted by atomic mass is 16.5. The van der Waals surface area contributed by atoms with E-state index in [0.29, 0.717) is 11.7 Å². The first-order chi connectivity index (χ1) is 13.4. The van der Waals surface area contributed by atoms with Gasteiger partial charge in [-0.05, 0) is 61.1 Å². The minimum absolute atomic E-state index is 0.000258. The molecule has 1 amide bonds. The van der Waals surface area contributed by atoms with Crippen LogP contribution >= 0.6 is 0 Å². The Hall–Kier alpha value is -1.84. The van der Waals surface area contributed by atoms with E-state index in [4.69, 9.17) is 4.74 Å². The Morgan fingerprint density at radius 2 is 1.71 bits per heavy atom. The van der Waals surface area contributed by atoms with Crippen molar-refractivity contribution in [3.63, 3.8) is 0 Å². The first-order valence-corrected chi connectivity index (χ1v) is 11.0. The lowest BCUT2D eigenvalue weighted by Gasteiger charge is -2.33. The number of amides is 1. The summed E-state index contributed by atoms with van der Waals surface area (Å²) in [7, 11) is 0. The molecule has 2 saturated carbocycles. The molecule has 0 radical (unpaired) electrons. The van der Waals surface area contributed by atoms with Crippen LogP contribution in [0.25, 0.3) is 0 Å². The van der Waals surface area contributed by atoms with Crippen LogP contribution in [0.5, 0.6) is 5.75 Å². The van der Waals surface area contributed by atoms with Crippen molar-refractivity contribution in [2.24, 2.45) is 16.9 Å². The monoisotopic (exact) mass is 384 g/mol. The predicted octanol–water partition coefficient (Wildman–Crippen LogP) is 5.61. The molecular weight excluding hydrogens is 348 g/mol. The highest BCUT2D eigenvalue weighted by Gasteiger charge is 2.29. The summed E-state index contributed by atoms with van der Waals surface area (Å²) in [6, 6.07) is 7.98. The number of benzene rings is 1. The lowest BCUT2D eigenvalue weighted by molar-refractivity contribution is -0.123. The molecule has 2 fully saturated rings. The van der Waals surface area contributed by atoms with Crippen LogP contribution in [0.1, 0.15) is 84.1 Å². The van der Waals surface area contributed by atoms with E-state index in [9.17, 15) is 4.79 Å². The van der Waals surface area contributed by atoms with E-state index in [-0.39, 0.29) is 17.9 Å². The molecule has 4 heteroatoms. The quantitative estimate of drug-likeness (QED) is 0.671. The summed E-state index contributed by atoms with van der Waals surface area (Å²) in [6.45, 7) is 6.55. The van der Waals surface area contributed by atoms with Gasteiger partial charge in [0.15, 0.2) is 6.61 Å². The fourth-order valence-electron chi connectivity index (χ4n) is 4.57. The molecular formula is C24H36N2O2. The molecule has 1 N–H and O–H groups in total. The topological polar surface area (TPSA) is 50.7 Å². The van der Waals surface area contributed by atoms with Crippen LogP contribution in [0.3, 0.4) is 0 Å². The van der Waals surface area contributed by atoms with E-state index in [1.54, 1.807) is 0 Å². The molecule has 0 aromatic heterocycles. The first-order valence-electron chi connectivity index (χ1n) is 11.0. The van der Waals surface area contributed by atoms with E-state index in [2.05, 4.69) is 43.4 Å². The Morgan fingerprint density at radius 3 is 2.39 bits per heavy atom. The van der Waals surface area contributed by atoms with Gasteiger partial charge in [-0.1, -0.05) is 58.6 Å². The maximum atomic E-state index is 12.2. The van der Waals surface area contributed by atoms with Gasteiger partial charge in [-0.15, -0.1) is 0 Å². The third-order valence-corrected chi connectivity index (χ3v) is 6.26. The predicted molar refractivity (Wildman–Crippen MR) is 115 cm³/mol. The van der Waals surface area contributed by atoms with Crippen LogP contribution in [0.15, 0.2) is 29.4 Å².